The van der Waals surface area contributed by atoms with Gasteiger partial charge in [-0.1, -0.05) is 30.3 Å². The quantitative estimate of drug-likeness (QED) is 0.596. The van der Waals surface area contributed by atoms with Crippen molar-refractivity contribution in [3.05, 3.63) is 65.7 Å². The lowest BCUT2D eigenvalue weighted by molar-refractivity contribution is -0.111. The van der Waals surface area contributed by atoms with Crippen LogP contribution in [-0.4, -0.2) is 11.0 Å². The van der Waals surface area contributed by atoms with Crippen LogP contribution in [0.3, 0.4) is 0 Å². The van der Waals surface area contributed by atoms with Crippen LogP contribution in [0, 0.1) is 0 Å². The third-order valence-corrected chi connectivity index (χ3v) is 3.03. The number of carbonyl (C=O) groups is 1. The second kappa shape index (κ2) is 6.72. The summed E-state index contributed by atoms with van der Waals surface area (Å²) in [6.07, 6.45) is 2.52. The van der Waals surface area contributed by atoms with E-state index in [1.807, 2.05) is 24.3 Å². The van der Waals surface area contributed by atoms with Crippen LogP contribution in [-0.2, 0) is 4.79 Å². The number of para-hydroxylation sites is 1. The molecule has 0 aromatic heterocycles. The molecule has 0 heterocycles. The molecular weight excluding hydrogens is 264 g/mol. The summed E-state index contributed by atoms with van der Waals surface area (Å²) in [5.41, 5.74) is 8.47. The number of benzene rings is 2. The van der Waals surface area contributed by atoms with Gasteiger partial charge in [0.1, 0.15) is 0 Å². The molecule has 1 atom stereocenters. The fourth-order valence-electron chi connectivity index (χ4n) is 1.93. The number of hydrogen-bond donors (Lipinski definition) is 3. The smallest absolute Gasteiger partial charge is 0.248 e. The second-order valence-corrected chi connectivity index (χ2v) is 4.75. The van der Waals surface area contributed by atoms with Crippen LogP contribution in [0.25, 0.3) is 6.08 Å². The molecule has 0 aliphatic heterocycles. The zero-order valence-electron chi connectivity index (χ0n) is 11.8. The first-order valence-electron chi connectivity index (χ1n) is 6.68. The van der Waals surface area contributed by atoms with Crippen molar-refractivity contribution < 1.29 is 9.90 Å². The Hall–Kier alpha value is -2.59. The van der Waals surface area contributed by atoms with Crippen molar-refractivity contribution in [3.8, 4) is 0 Å². The molecule has 1 unspecified atom stereocenters. The molecule has 0 fully saturated rings. The number of aliphatic hydroxyl groups excluding tert-OH is 1. The lowest BCUT2D eigenvalue weighted by Gasteiger charge is -2.11. The van der Waals surface area contributed by atoms with Gasteiger partial charge in [0.25, 0.3) is 0 Å². The molecule has 108 valence electrons. The molecule has 0 saturated carbocycles. The Balaban J connectivity index is 2.07. The van der Waals surface area contributed by atoms with Gasteiger partial charge in [-0.15, -0.1) is 0 Å². The van der Waals surface area contributed by atoms with Crippen molar-refractivity contribution in [2.24, 2.45) is 0 Å². The van der Waals surface area contributed by atoms with Gasteiger partial charge in [-0.05, 0) is 36.8 Å². The van der Waals surface area contributed by atoms with Crippen molar-refractivity contribution in [2.75, 3.05) is 11.1 Å². The minimum atomic E-state index is -0.637. The predicted octanol–water partition coefficient (Wildman–Crippen LogP) is 2.97. The minimum Gasteiger partial charge on any atom is -0.399 e. The molecular formula is C17H18N2O2. The van der Waals surface area contributed by atoms with Crippen LogP contribution in [0.15, 0.2) is 54.6 Å². The minimum absolute atomic E-state index is 0.250. The van der Waals surface area contributed by atoms with Crippen LogP contribution >= 0.6 is 0 Å². The number of nitrogens with two attached hydrogens (primary N) is 1. The summed E-state index contributed by atoms with van der Waals surface area (Å²) in [6, 6.07) is 14.4. The Morgan fingerprint density at radius 2 is 1.86 bits per heavy atom. The van der Waals surface area contributed by atoms with E-state index in [-0.39, 0.29) is 5.91 Å². The van der Waals surface area contributed by atoms with Crippen molar-refractivity contribution in [3.63, 3.8) is 0 Å². The Morgan fingerprint density at radius 3 is 2.52 bits per heavy atom. The van der Waals surface area contributed by atoms with Crippen LogP contribution < -0.4 is 11.1 Å². The summed E-state index contributed by atoms with van der Waals surface area (Å²) < 4.78 is 0. The number of nitrogens with one attached hydrogen (secondary N) is 1. The van der Waals surface area contributed by atoms with E-state index in [1.54, 1.807) is 37.3 Å². The molecule has 0 aliphatic rings. The van der Waals surface area contributed by atoms with Gasteiger partial charge < -0.3 is 16.2 Å². The van der Waals surface area contributed by atoms with E-state index in [1.165, 1.54) is 6.08 Å². The first-order valence-corrected chi connectivity index (χ1v) is 6.68. The number of hydrogen-bond acceptors (Lipinski definition) is 3. The van der Waals surface area contributed by atoms with Gasteiger partial charge in [0.2, 0.25) is 5.91 Å². The second-order valence-electron chi connectivity index (χ2n) is 4.75. The number of nitrogen functional groups attached to an aromatic ring is 1. The largest absolute Gasteiger partial charge is 0.399 e. The fraction of sp³-hybridized carbons (Fsp3) is 0.118. The molecule has 21 heavy (non-hydrogen) atoms. The Kier molecular flexibility index (Phi) is 4.74. The lowest BCUT2D eigenvalue weighted by atomic mass is 10.1. The van der Waals surface area contributed by atoms with Crippen LogP contribution in [0.4, 0.5) is 11.4 Å². The molecule has 2 aromatic rings. The van der Waals surface area contributed by atoms with Gasteiger partial charge in [0.05, 0.1) is 6.10 Å². The number of amides is 1. The maximum absolute atomic E-state index is 11.9. The highest BCUT2D eigenvalue weighted by Gasteiger charge is 2.08. The van der Waals surface area contributed by atoms with Crippen LogP contribution in [0.1, 0.15) is 24.2 Å². The van der Waals surface area contributed by atoms with Gasteiger partial charge in [-0.2, -0.15) is 0 Å². The number of aliphatic hydroxyl groups is 1. The van der Waals surface area contributed by atoms with Gasteiger partial charge in [-0.3, -0.25) is 4.79 Å². The van der Waals surface area contributed by atoms with Crippen molar-refractivity contribution >= 4 is 23.4 Å². The van der Waals surface area contributed by atoms with Crippen molar-refractivity contribution in [1.29, 1.82) is 0 Å². The monoisotopic (exact) mass is 282 g/mol. The predicted molar refractivity (Wildman–Crippen MR) is 85.6 cm³/mol. The topological polar surface area (TPSA) is 75.3 Å². The van der Waals surface area contributed by atoms with Crippen molar-refractivity contribution in [1.82, 2.24) is 0 Å². The molecule has 4 nitrogen and oxygen atoms in total. The normalized spacial score (nSPS) is 12.3. The van der Waals surface area contributed by atoms with Gasteiger partial charge >= 0.3 is 0 Å². The van der Waals surface area contributed by atoms with Gasteiger partial charge in [-0.25, -0.2) is 0 Å². The molecule has 4 heteroatoms. The maximum atomic E-state index is 11.9. The summed E-state index contributed by atoms with van der Waals surface area (Å²) >= 11 is 0. The summed E-state index contributed by atoms with van der Waals surface area (Å²) in [6.45, 7) is 1.66. The summed E-state index contributed by atoms with van der Waals surface area (Å²) in [5, 5.41) is 12.4. The number of anilines is 2. The van der Waals surface area contributed by atoms with E-state index < -0.39 is 6.10 Å². The Bertz CT molecular complexity index is 646. The number of rotatable bonds is 4. The lowest BCUT2D eigenvalue weighted by Crippen LogP contribution is -2.10. The van der Waals surface area contributed by atoms with E-state index in [2.05, 4.69) is 5.32 Å². The molecule has 1 amide bonds. The summed E-state index contributed by atoms with van der Waals surface area (Å²) in [7, 11) is 0. The zero-order valence-corrected chi connectivity index (χ0v) is 11.8. The van der Waals surface area contributed by atoms with E-state index in [0.717, 1.165) is 5.56 Å². The van der Waals surface area contributed by atoms with Gasteiger partial charge in [0.15, 0.2) is 0 Å². The van der Waals surface area contributed by atoms with E-state index in [4.69, 9.17) is 5.73 Å². The van der Waals surface area contributed by atoms with Crippen LogP contribution in [0.5, 0.6) is 0 Å². The summed E-state index contributed by atoms with van der Waals surface area (Å²) in [5.74, 6) is -0.250. The Labute approximate surface area is 123 Å². The van der Waals surface area contributed by atoms with E-state index in [0.29, 0.717) is 16.9 Å². The molecule has 0 spiro atoms. The summed E-state index contributed by atoms with van der Waals surface area (Å²) in [4.78, 5) is 11.9. The molecule has 0 radical (unpaired) electrons. The highest BCUT2D eigenvalue weighted by Crippen LogP contribution is 2.22. The SMILES string of the molecule is CC(O)c1ccccc1NC(=O)/C=C/c1ccc(N)cc1. The molecule has 0 saturated heterocycles. The van der Waals surface area contributed by atoms with E-state index >= 15 is 0 Å². The first kappa shape index (κ1) is 14.8. The standard InChI is InChI=1S/C17H18N2O2/c1-12(20)15-4-2-3-5-16(15)19-17(21)11-8-13-6-9-14(18)10-7-13/h2-12,20H,18H2,1H3,(H,19,21)/b11-8+. The third-order valence-electron chi connectivity index (χ3n) is 3.03. The maximum Gasteiger partial charge on any atom is 0.248 e. The fourth-order valence-corrected chi connectivity index (χ4v) is 1.93. The van der Waals surface area contributed by atoms with E-state index in [9.17, 15) is 9.90 Å². The average Bonchev–Trinajstić information content (AvgIpc) is 2.47. The van der Waals surface area contributed by atoms with Crippen LogP contribution in [0.2, 0.25) is 0 Å². The first-order chi connectivity index (χ1) is 10.1. The molecule has 2 rings (SSSR count). The average molecular weight is 282 g/mol. The molecule has 0 bridgehead atoms. The number of carbonyl (C=O) groups excluding carboxylic acids is 1. The molecule has 0 aliphatic carbocycles. The highest BCUT2D eigenvalue weighted by atomic mass is 16.3. The molecule has 2 aromatic carbocycles. The molecule has 4 N–H and O–H groups in total. The highest BCUT2D eigenvalue weighted by molar-refractivity contribution is 6.02. The third kappa shape index (κ3) is 4.19. The Morgan fingerprint density at radius 1 is 1.19 bits per heavy atom. The zero-order chi connectivity index (χ0) is 15.2. The van der Waals surface area contributed by atoms with Crippen molar-refractivity contribution in [2.45, 2.75) is 13.0 Å². The van der Waals surface area contributed by atoms with Gasteiger partial charge in [0, 0.05) is 23.0 Å².